The SMILES string of the molecule is CC(C)OC(C)(C)C(C(C)C)C(C)C[SiH3]. The molecule has 0 heterocycles. The summed E-state index contributed by atoms with van der Waals surface area (Å²) < 4.78 is 6.10. The van der Waals surface area contributed by atoms with Gasteiger partial charge in [-0.1, -0.05) is 26.8 Å². The lowest BCUT2D eigenvalue weighted by Gasteiger charge is -2.42. The normalized spacial score (nSPS) is 17.4. The first-order valence-electron chi connectivity index (χ1n) is 6.40. The van der Waals surface area contributed by atoms with Crippen molar-refractivity contribution in [1.29, 1.82) is 0 Å². The van der Waals surface area contributed by atoms with Crippen LogP contribution in [-0.2, 0) is 4.74 Å². The van der Waals surface area contributed by atoms with Gasteiger partial charge in [0.2, 0.25) is 0 Å². The molecule has 0 aliphatic rings. The van der Waals surface area contributed by atoms with E-state index in [9.17, 15) is 0 Å². The Morgan fingerprint density at radius 3 is 1.80 bits per heavy atom. The van der Waals surface area contributed by atoms with Crippen LogP contribution in [0.3, 0.4) is 0 Å². The third-order valence-electron chi connectivity index (χ3n) is 3.32. The Balaban J connectivity index is 4.73. The molecule has 2 heteroatoms. The summed E-state index contributed by atoms with van der Waals surface area (Å²) in [4.78, 5) is 0. The van der Waals surface area contributed by atoms with Crippen LogP contribution < -0.4 is 0 Å². The van der Waals surface area contributed by atoms with E-state index in [2.05, 4.69) is 48.5 Å². The Hall–Kier alpha value is 0.177. The maximum Gasteiger partial charge on any atom is 0.0662 e. The minimum Gasteiger partial charge on any atom is -0.373 e. The molecule has 0 aliphatic heterocycles. The van der Waals surface area contributed by atoms with Crippen LogP contribution in [0.1, 0.15) is 48.5 Å². The van der Waals surface area contributed by atoms with E-state index in [4.69, 9.17) is 4.74 Å². The van der Waals surface area contributed by atoms with Crippen molar-refractivity contribution in [1.82, 2.24) is 0 Å². The van der Waals surface area contributed by atoms with Crippen LogP contribution in [0.5, 0.6) is 0 Å². The highest BCUT2D eigenvalue weighted by molar-refractivity contribution is 6.08. The monoisotopic (exact) mass is 230 g/mol. The molecule has 0 amide bonds. The van der Waals surface area contributed by atoms with Crippen LogP contribution in [-0.4, -0.2) is 21.9 Å². The van der Waals surface area contributed by atoms with Crippen molar-refractivity contribution in [2.45, 2.75) is 66.2 Å². The second-order valence-electron chi connectivity index (χ2n) is 5.93. The Morgan fingerprint density at radius 2 is 1.53 bits per heavy atom. The third-order valence-corrected chi connectivity index (χ3v) is 4.61. The zero-order chi connectivity index (χ0) is 12.2. The van der Waals surface area contributed by atoms with E-state index in [1.54, 1.807) is 0 Å². The first-order valence-corrected chi connectivity index (χ1v) is 7.81. The Bertz CT molecular complexity index is 175. The lowest BCUT2D eigenvalue weighted by Crippen LogP contribution is -2.43. The molecule has 1 nitrogen and oxygen atoms in total. The summed E-state index contributed by atoms with van der Waals surface area (Å²) in [6.07, 6.45) is 0.322. The molecule has 2 unspecified atom stereocenters. The molecule has 92 valence electrons. The van der Waals surface area contributed by atoms with Gasteiger partial charge in [-0.15, -0.1) is 0 Å². The standard InChI is InChI=1S/C13H30OSi/c1-9(2)12(11(5)8-15)13(6,7)14-10(3)4/h9-12H,8H2,1-7,15H3. The summed E-state index contributed by atoms with van der Waals surface area (Å²) in [5.74, 6) is 2.14. The lowest BCUT2D eigenvalue weighted by molar-refractivity contribution is -0.115. The van der Waals surface area contributed by atoms with Gasteiger partial charge in [0.05, 0.1) is 11.7 Å². The highest BCUT2D eigenvalue weighted by Crippen LogP contribution is 2.36. The molecular formula is C13H30OSi. The molecule has 0 aromatic carbocycles. The molecule has 2 atom stereocenters. The van der Waals surface area contributed by atoms with Gasteiger partial charge in [0.1, 0.15) is 0 Å². The molecule has 0 aliphatic carbocycles. The van der Waals surface area contributed by atoms with E-state index in [1.165, 1.54) is 16.3 Å². The predicted octanol–water partition coefficient (Wildman–Crippen LogP) is 2.88. The Morgan fingerprint density at radius 1 is 1.07 bits per heavy atom. The smallest absolute Gasteiger partial charge is 0.0662 e. The third kappa shape index (κ3) is 4.69. The van der Waals surface area contributed by atoms with Gasteiger partial charge in [-0.25, -0.2) is 0 Å². The van der Waals surface area contributed by atoms with Crippen molar-refractivity contribution in [3.8, 4) is 0 Å². The summed E-state index contributed by atoms with van der Waals surface area (Å²) in [7, 11) is 1.29. The van der Waals surface area contributed by atoms with Crippen LogP contribution >= 0.6 is 0 Å². The van der Waals surface area contributed by atoms with Gasteiger partial charge in [0.15, 0.2) is 0 Å². The lowest BCUT2D eigenvalue weighted by atomic mass is 9.74. The van der Waals surface area contributed by atoms with Crippen LogP contribution in [0.15, 0.2) is 0 Å². The van der Waals surface area contributed by atoms with Gasteiger partial charge < -0.3 is 4.74 Å². The van der Waals surface area contributed by atoms with Crippen LogP contribution in [0.4, 0.5) is 0 Å². The molecule has 0 radical (unpaired) electrons. The molecule has 0 fully saturated rings. The summed E-state index contributed by atoms with van der Waals surface area (Å²) in [6.45, 7) is 15.8. The van der Waals surface area contributed by atoms with Crippen molar-refractivity contribution in [2.75, 3.05) is 0 Å². The summed E-state index contributed by atoms with van der Waals surface area (Å²) in [6, 6.07) is 1.37. The van der Waals surface area contributed by atoms with Crippen molar-refractivity contribution in [2.24, 2.45) is 17.8 Å². The molecule has 0 rings (SSSR count). The first kappa shape index (κ1) is 15.2. The number of rotatable bonds is 6. The van der Waals surface area contributed by atoms with Gasteiger partial charge in [0.25, 0.3) is 0 Å². The quantitative estimate of drug-likeness (QED) is 0.638. The average Bonchev–Trinajstić information content (AvgIpc) is 1.99. The summed E-state index contributed by atoms with van der Waals surface area (Å²) in [5, 5.41) is 0. The van der Waals surface area contributed by atoms with Gasteiger partial charge in [-0.05, 0) is 45.4 Å². The molecule has 0 aromatic heterocycles. The van der Waals surface area contributed by atoms with E-state index in [1.807, 2.05) is 0 Å². The molecule has 0 spiro atoms. The second-order valence-corrected chi connectivity index (χ2v) is 6.74. The Kier molecular flexibility index (Phi) is 6.12. The largest absolute Gasteiger partial charge is 0.373 e. The van der Waals surface area contributed by atoms with E-state index in [0.29, 0.717) is 17.9 Å². The minimum absolute atomic E-state index is 0.00611. The van der Waals surface area contributed by atoms with Gasteiger partial charge in [0, 0.05) is 10.2 Å². The molecule has 0 bridgehead atoms. The van der Waals surface area contributed by atoms with Crippen LogP contribution in [0, 0.1) is 17.8 Å². The fourth-order valence-electron chi connectivity index (χ4n) is 3.08. The molecule has 0 N–H and O–H groups in total. The van der Waals surface area contributed by atoms with E-state index in [-0.39, 0.29) is 5.60 Å². The van der Waals surface area contributed by atoms with Crippen molar-refractivity contribution < 1.29 is 4.74 Å². The zero-order valence-electron chi connectivity index (χ0n) is 11.9. The topological polar surface area (TPSA) is 9.23 Å². The number of hydrogen-bond donors (Lipinski definition) is 0. The van der Waals surface area contributed by atoms with Crippen molar-refractivity contribution >= 4 is 10.2 Å². The van der Waals surface area contributed by atoms with Gasteiger partial charge in [-0.2, -0.15) is 0 Å². The Labute approximate surface area is 99.4 Å². The fourth-order valence-corrected chi connectivity index (χ4v) is 3.59. The molecular weight excluding hydrogens is 200 g/mol. The summed E-state index contributed by atoms with van der Waals surface area (Å²) in [5.41, 5.74) is 0.00611. The van der Waals surface area contributed by atoms with E-state index < -0.39 is 0 Å². The van der Waals surface area contributed by atoms with E-state index >= 15 is 0 Å². The van der Waals surface area contributed by atoms with Gasteiger partial charge in [-0.3, -0.25) is 0 Å². The summed E-state index contributed by atoms with van der Waals surface area (Å²) >= 11 is 0. The minimum atomic E-state index is 0.00611. The molecule has 0 saturated carbocycles. The number of ether oxygens (including phenoxy) is 1. The molecule has 0 aromatic rings. The fraction of sp³-hybridized carbons (Fsp3) is 1.00. The average molecular weight is 230 g/mol. The van der Waals surface area contributed by atoms with Gasteiger partial charge >= 0.3 is 0 Å². The van der Waals surface area contributed by atoms with Crippen molar-refractivity contribution in [3.63, 3.8) is 0 Å². The van der Waals surface area contributed by atoms with Crippen molar-refractivity contribution in [3.05, 3.63) is 0 Å². The predicted molar refractivity (Wildman–Crippen MR) is 72.5 cm³/mol. The first-order chi connectivity index (χ1) is 6.72. The van der Waals surface area contributed by atoms with Crippen LogP contribution in [0.25, 0.3) is 0 Å². The highest BCUT2D eigenvalue weighted by atomic mass is 28.1. The second kappa shape index (κ2) is 6.05. The highest BCUT2D eigenvalue weighted by Gasteiger charge is 2.36. The maximum absolute atomic E-state index is 6.10. The molecule has 15 heavy (non-hydrogen) atoms. The maximum atomic E-state index is 6.10. The zero-order valence-corrected chi connectivity index (χ0v) is 13.9. The van der Waals surface area contributed by atoms with Crippen LogP contribution in [0.2, 0.25) is 6.04 Å². The number of hydrogen-bond acceptors (Lipinski definition) is 1. The molecule has 0 saturated heterocycles. The van der Waals surface area contributed by atoms with E-state index in [0.717, 1.165) is 5.92 Å².